The highest BCUT2D eigenvalue weighted by Crippen LogP contribution is 2.19. The third-order valence-corrected chi connectivity index (χ3v) is 2.93. The molecule has 0 aliphatic heterocycles. The van der Waals surface area contributed by atoms with Crippen molar-refractivity contribution >= 4 is 6.09 Å². The Kier molecular flexibility index (Phi) is 6.52. The molecule has 0 aromatic heterocycles. The first-order chi connectivity index (χ1) is 9.40. The van der Waals surface area contributed by atoms with Gasteiger partial charge >= 0.3 is 6.09 Å². The van der Waals surface area contributed by atoms with Crippen molar-refractivity contribution in [2.45, 2.75) is 51.3 Å². The zero-order chi connectivity index (χ0) is 15.0. The molecule has 1 aromatic carbocycles. The molecule has 112 valence electrons. The summed E-state index contributed by atoms with van der Waals surface area (Å²) < 4.78 is 5.14. The minimum Gasteiger partial charge on any atom is -0.444 e. The van der Waals surface area contributed by atoms with Gasteiger partial charge in [0.25, 0.3) is 0 Å². The van der Waals surface area contributed by atoms with Gasteiger partial charge in [-0.25, -0.2) is 4.79 Å². The van der Waals surface area contributed by atoms with E-state index in [1.54, 1.807) is 0 Å². The zero-order valence-corrected chi connectivity index (χ0v) is 12.8. The maximum Gasteiger partial charge on any atom is 0.407 e. The van der Waals surface area contributed by atoms with E-state index in [9.17, 15) is 4.79 Å². The van der Waals surface area contributed by atoms with Crippen molar-refractivity contribution < 1.29 is 9.53 Å². The monoisotopic (exact) mass is 278 g/mol. The zero-order valence-electron chi connectivity index (χ0n) is 12.8. The fraction of sp³-hybridized carbons (Fsp3) is 0.562. The van der Waals surface area contributed by atoms with Crippen LogP contribution in [0.15, 0.2) is 36.4 Å². The van der Waals surface area contributed by atoms with Crippen LogP contribution in [0.25, 0.3) is 0 Å². The van der Waals surface area contributed by atoms with Crippen LogP contribution in [0.4, 0.5) is 4.79 Å². The van der Waals surface area contributed by atoms with E-state index in [0.29, 0.717) is 6.04 Å². The molecule has 4 heteroatoms. The standard InChI is InChI=1S/C10H20N2O2.C6H6/c1-10(2,3)14-9(13)12-8-5-7(6-8)11-4;1-2-4-6-5-3-1/h7-8,11H,5-6H2,1-4H3,(H,12,13);1-6H. The highest BCUT2D eigenvalue weighted by Gasteiger charge is 2.30. The number of hydrogen-bond acceptors (Lipinski definition) is 3. The molecule has 0 unspecified atom stereocenters. The van der Waals surface area contributed by atoms with Crippen LogP contribution in [-0.4, -0.2) is 30.8 Å². The van der Waals surface area contributed by atoms with Gasteiger partial charge in [0.1, 0.15) is 5.60 Å². The summed E-state index contributed by atoms with van der Waals surface area (Å²) in [5.41, 5.74) is -0.407. The first kappa shape index (κ1) is 16.5. The summed E-state index contributed by atoms with van der Waals surface area (Å²) in [5, 5.41) is 6.00. The Morgan fingerprint density at radius 1 is 1.00 bits per heavy atom. The maximum absolute atomic E-state index is 11.3. The van der Waals surface area contributed by atoms with Gasteiger partial charge in [-0.2, -0.15) is 0 Å². The van der Waals surface area contributed by atoms with E-state index in [4.69, 9.17) is 4.74 Å². The molecular weight excluding hydrogens is 252 g/mol. The van der Waals surface area contributed by atoms with Gasteiger partial charge in [-0.1, -0.05) is 36.4 Å². The quantitative estimate of drug-likeness (QED) is 0.874. The summed E-state index contributed by atoms with van der Waals surface area (Å²) >= 11 is 0. The number of nitrogens with one attached hydrogen (secondary N) is 2. The minimum absolute atomic E-state index is 0.280. The van der Waals surface area contributed by atoms with Gasteiger partial charge in [0.2, 0.25) is 0 Å². The fourth-order valence-electron chi connectivity index (χ4n) is 1.83. The number of amides is 1. The molecule has 2 N–H and O–H groups in total. The van der Waals surface area contributed by atoms with E-state index in [1.807, 2.05) is 64.2 Å². The highest BCUT2D eigenvalue weighted by atomic mass is 16.6. The van der Waals surface area contributed by atoms with E-state index >= 15 is 0 Å². The first-order valence-corrected chi connectivity index (χ1v) is 7.07. The summed E-state index contributed by atoms with van der Waals surface area (Å²) in [5.74, 6) is 0. The third-order valence-electron chi connectivity index (χ3n) is 2.93. The second kappa shape index (κ2) is 7.90. The SMILES string of the molecule is CNC1CC(NC(=O)OC(C)(C)C)C1.c1ccccc1. The van der Waals surface area contributed by atoms with Crippen molar-refractivity contribution in [2.75, 3.05) is 7.05 Å². The first-order valence-electron chi connectivity index (χ1n) is 7.07. The molecule has 2 rings (SSSR count). The molecule has 4 nitrogen and oxygen atoms in total. The highest BCUT2D eigenvalue weighted by molar-refractivity contribution is 5.68. The number of rotatable bonds is 2. The molecule has 0 atom stereocenters. The predicted molar refractivity (Wildman–Crippen MR) is 81.7 cm³/mol. The van der Waals surface area contributed by atoms with E-state index in [-0.39, 0.29) is 12.1 Å². The van der Waals surface area contributed by atoms with Crippen molar-refractivity contribution in [1.29, 1.82) is 0 Å². The number of alkyl carbamates (subject to hydrolysis) is 1. The molecule has 1 amide bonds. The average molecular weight is 278 g/mol. The van der Waals surface area contributed by atoms with Crippen molar-refractivity contribution in [2.24, 2.45) is 0 Å². The van der Waals surface area contributed by atoms with Gasteiger partial charge in [-0.05, 0) is 40.7 Å². The van der Waals surface area contributed by atoms with Crippen molar-refractivity contribution in [1.82, 2.24) is 10.6 Å². The molecule has 1 aromatic rings. The second-order valence-electron chi connectivity index (χ2n) is 5.95. The topological polar surface area (TPSA) is 50.4 Å². The van der Waals surface area contributed by atoms with Gasteiger partial charge in [0.15, 0.2) is 0 Å². The Balaban J connectivity index is 0.000000276. The van der Waals surface area contributed by atoms with Crippen LogP contribution >= 0.6 is 0 Å². The average Bonchev–Trinajstić information content (AvgIpc) is 2.34. The normalized spacial score (nSPS) is 21.0. The third kappa shape index (κ3) is 7.14. The Labute approximate surface area is 121 Å². The number of ether oxygens (including phenoxy) is 1. The number of carbonyl (C=O) groups is 1. The lowest BCUT2D eigenvalue weighted by molar-refractivity contribution is 0.0467. The summed E-state index contributed by atoms with van der Waals surface area (Å²) in [6.45, 7) is 5.59. The number of carbonyl (C=O) groups excluding carboxylic acids is 1. The van der Waals surface area contributed by atoms with E-state index in [2.05, 4.69) is 10.6 Å². The van der Waals surface area contributed by atoms with Crippen LogP contribution in [0.2, 0.25) is 0 Å². The van der Waals surface area contributed by atoms with Crippen LogP contribution in [0.1, 0.15) is 33.6 Å². The van der Waals surface area contributed by atoms with Crippen molar-refractivity contribution in [3.8, 4) is 0 Å². The molecule has 0 radical (unpaired) electrons. The Bertz CT molecular complexity index is 355. The van der Waals surface area contributed by atoms with Crippen LogP contribution in [0.5, 0.6) is 0 Å². The smallest absolute Gasteiger partial charge is 0.407 e. The summed E-state index contributed by atoms with van der Waals surface area (Å²) in [7, 11) is 1.94. The molecule has 1 aliphatic carbocycles. The van der Waals surface area contributed by atoms with Gasteiger partial charge in [0.05, 0.1) is 0 Å². The lowest BCUT2D eigenvalue weighted by atomic mass is 9.87. The van der Waals surface area contributed by atoms with Crippen LogP contribution < -0.4 is 10.6 Å². The van der Waals surface area contributed by atoms with Gasteiger partial charge in [0, 0.05) is 12.1 Å². The second-order valence-corrected chi connectivity index (χ2v) is 5.95. The molecule has 1 aliphatic rings. The van der Waals surface area contributed by atoms with Crippen LogP contribution in [0, 0.1) is 0 Å². The predicted octanol–water partition coefficient (Wildman–Crippen LogP) is 2.95. The summed E-state index contributed by atoms with van der Waals surface area (Å²) in [4.78, 5) is 11.3. The summed E-state index contributed by atoms with van der Waals surface area (Å²) in [6, 6.07) is 12.8. The Hall–Kier alpha value is -1.55. The molecule has 0 spiro atoms. The number of hydrogen-bond donors (Lipinski definition) is 2. The van der Waals surface area contributed by atoms with Gasteiger partial charge < -0.3 is 15.4 Å². The van der Waals surface area contributed by atoms with Crippen molar-refractivity contribution in [3.05, 3.63) is 36.4 Å². The lowest BCUT2D eigenvalue weighted by Crippen LogP contribution is -2.52. The lowest BCUT2D eigenvalue weighted by Gasteiger charge is -2.35. The van der Waals surface area contributed by atoms with Crippen molar-refractivity contribution in [3.63, 3.8) is 0 Å². The minimum atomic E-state index is -0.407. The number of benzene rings is 1. The summed E-state index contributed by atoms with van der Waals surface area (Å²) in [6.07, 6.45) is 1.68. The van der Waals surface area contributed by atoms with E-state index in [0.717, 1.165) is 12.8 Å². The molecule has 0 heterocycles. The molecule has 0 bridgehead atoms. The molecular formula is C16H26N2O2. The van der Waals surface area contributed by atoms with Crippen LogP contribution in [0.3, 0.4) is 0 Å². The fourth-order valence-corrected chi connectivity index (χ4v) is 1.83. The van der Waals surface area contributed by atoms with Gasteiger partial charge in [-0.3, -0.25) is 0 Å². The molecule has 20 heavy (non-hydrogen) atoms. The maximum atomic E-state index is 11.3. The Morgan fingerprint density at radius 3 is 1.80 bits per heavy atom. The van der Waals surface area contributed by atoms with Gasteiger partial charge in [-0.15, -0.1) is 0 Å². The van der Waals surface area contributed by atoms with E-state index < -0.39 is 5.60 Å². The largest absolute Gasteiger partial charge is 0.444 e. The molecule has 1 saturated carbocycles. The molecule has 1 fully saturated rings. The Morgan fingerprint density at radius 2 is 1.45 bits per heavy atom. The van der Waals surface area contributed by atoms with Crippen LogP contribution in [-0.2, 0) is 4.74 Å². The molecule has 0 saturated heterocycles. The van der Waals surface area contributed by atoms with E-state index in [1.165, 1.54) is 0 Å².